The summed E-state index contributed by atoms with van der Waals surface area (Å²) >= 11 is 0. The summed E-state index contributed by atoms with van der Waals surface area (Å²) in [6.07, 6.45) is 5.77. The smallest absolute Gasteiger partial charge is 0.408 e. The predicted octanol–water partition coefficient (Wildman–Crippen LogP) is 2.02. The number of carbonyl (C=O) groups is 4. The molecule has 3 N–H and O–H groups in total. The first-order valence-corrected chi connectivity index (χ1v) is 12.4. The number of ether oxygens (including phenoxy) is 2. The molecule has 0 bridgehead atoms. The van der Waals surface area contributed by atoms with Gasteiger partial charge in [-0.1, -0.05) is 44.9 Å². The highest BCUT2D eigenvalue weighted by molar-refractivity contribution is 5.93. The third-order valence-corrected chi connectivity index (χ3v) is 6.14. The SMILES string of the molecule is COC(=O)C1CCCCCCCCC[C@H](NC(=O)OC(C)(C)C)C(=O)N2C[C@@H](O)C[C@H]2C(=O)N1. The number of methoxy groups -OCH3 is 1. The molecule has 4 atom stereocenters. The molecule has 2 saturated heterocycles. The van der Waals surface area contributed by atoms with Crippen molar-refractivity contribution in [3.63, 3.8) is 0 Å². The lowest BCUT2D eigenvalue weighted by Gasteiger charge is -2.30. The molecular formula is C24H41N3O7. The van der Waals surface area contributed by atoms with Gasteiger partial charge in [0.05, 0.1) is 13.2 Å². The number of nitrogens with zero attached hydrogens (tertiary/aromatic N) is 1. The molecule has 1 unspecified atom stereocenters. The zero-order valence-electron chi connectivity index (χ0n) is 20.9. The minimum atomic E-state index is -0.939. The Kier molecular flexibility index (Phi) is 10.6. The van der Waals surface area contributed by atoms with Gasteiger partial charge in [0, 0.05) is 13.0 Å². The lowest BCUT2D eigenvalue weighted by molar-refractivity contribution is -0.146. The lowest BCUT2D eigenvalue weighted by atomic mass is 10.0. The van der Waals surface area contributed by atoms with E-state index in [0.717, 1.165) is 44.9 Å². The fourth-order valence-corrected chi connectivity index (χ4v) is 4.45. The second-order valence-corrected chi connectivity index (χ2v) is 10.2. The van der Waals surface area contributed by atoms with Gasteiger partial charge in [-0.25, -0.2) is 9.59 Å². The Labute approximate surface area is 202 Å². The Morgan fingerprint density at radius 1 is 1.03 bits per heavy atom. The van der Waals surface area contributed by atoms with Gasteiger partial charge in [0.15, 0.2) is 0 Å². The molecule has 2 aliphatic heterocycles. The summed E-state index contributed by atoms with van der Waals surface area (Å²) < 4.78 is 10.2. The van der Waals surface area contributed by atoms with Gasteiger partial charge in [0.1, 0.15) is 23.7 Å². The maximum atomic E-state index is 13.5. The van der Waals surface area contributed by atoms with Gasteiger partial charge < -0.3 is 30.1 Å². The summed E-state index contributed by atoms with van der Waals surface area (Å²) in [5, 5.41) is 15.6. The Balaban J connectivity index is 2.24. The first-order valence-electron chi connectivity index (χ1n) is 12.4. The Morgan fingerprint density at radius 2 is 1.62 bits per heavy atom. The highest BCUT2D eigenvalue weighted by Gasteiger charge is 2.42. The Bertz CT molecular complexity index is 722. The van der Waals surface area contributed by atoms with Gasteiger partial charge in [0.25, 0.3) is 0 Å². The van der Waals surface area contributed by atoms with Crippen LogP contribution in [0.2, 0.25) is 0 Å². The van der Waals surface area contributed by atoms with E-state index in [9.17, 15) is 24.3 Å². The molecule has 34 heavy (non-hydrogen) atoms. The van der Waals surface area contributed by atoms with Crippen LogP contribution in [-0.2, 0) is 23.9 Å². The van der Waals surface area contributed by atoms with Crippen LogP contribution in [0.3, 0.4) is 0 Å². The largest absolute Gasteiger partial charge is 0.467 e. The number of esters is 1. The minimum Gasteiger partial charge on any atom is -0.467 e. The fraction of sp³-hybridized carbons (Fsp3) is 0.833. The van der Waals surface area contributed by atoms with Crippen molar-refractivity contribution in [1.82, 2.24) is 15.5 Å². The average molecular weight is 484 g/mol. The quantitative estimate of drug-likeness (QED) is 0.512. The molecule has 0 saturated carbocycles. The molecule has 10 heteroatoms. The van der Waals surface area contributed by atoms with Crippen LogP contribution in [0, 0.1) is 0 Å². The highest BCUT2D eigenvalue weighted by atomic mass is 16.6. The normalized spacial score (nSPS) is 28.0. The van der Waals surface area contributed by atoms with Crippen molar-refractivity contribution in [1.29, 1.82) is 0 Å². The van der Waals surface area contributed by atoms with Crippen LogP contribution < -0.4 is 10.6 Å². The van der Waals surface area contributed by atoms with Gasteiger partial charge in [-0.15, -0.1) is 0 Å². The third-order valence-electron chi connectivity index (χ3n) is 6.14. The number of aliphatic hydroxyl groups excluding tert-OH is 1. The summed E-state index contributed by atoms with van der Waals surface area (Å²) in [5.74, 6) is -1.48. The molecule has 0 radical (unpaired) electrons. The molecule has 10 nitrogen and oxygen atoms in total. The second kappa shape index (κ2) is 12.9. The number of carbonyl (C=O) groups excluding carboxylic acids is 4. The number of hydrogen-bond donors (Lipinski definition) is 3. The van der Waals surface area contributed by atoms with Crippen molar-refractivity contribution in [2.75, 3.05) is 13.7 Å². The van der Waals surface area contributed by atoms with E-state index in [1.165, 1.54) is 12.0 Å². The van der Waals surface area contributed by atoms with Gasteiger partial charge in [-0.2, -0.15) is 0 Å². The summed E-state index contributed by atoms with van der Waals surface area (Å²) in [5.41, 5.74) is -0.722. The lowest BCUT2D eigenvalue weighted by Crippen LogP contribution is -2.55. The van der Waals surface area contributed by atoms with E-state index >= 15 is 0 Å². The topological polar surface area (TPSA) is 134 Å². The molecule has 0 aromatic heterocycles. The molecular weight excluding hydrogens is 442 g/mol. The van der Waals surface area contributed by atoms with Gasteiger partial charge in [0.2, 0.25) is 11.8 Å². The molecule has 0 aromatic rings. The molecule has 0 spiro atoms. The molecule has 2 fully saturated rings. The van der Waals surface area contributed by atoms with E-state index in [-0.39, 0.29) is 13.0 Å². The highest BCUT2D eigenvalue weighted by Crippen LogP contribution is 2.22. The van der Waals surface area contributed by atoms with Crippen LogP contribution in [0.25, 0.3) is 0 Å². The van der Waals surface area contributed by atoms with Crippen molar-refractivity contribution in [2.45, 2.75) is 115 Å². The summed E-state index contributed by atoms with van der Waals surface area (Å²) in [6, 6.07) is -2.62. The number of nitrogens with one attached hydrogen (secondary N) is 2. The van der Waals surface area contributed by atoms with E-state index in [1.54, 1.807) is 20.8 Å². The molecule has 194 valence electrons. The van der Waals surface area contributed by atoms with E-state index in [1.807, 2.05) is 0 Å². The van der Waals surface area contributed by atoms with Crippen LogP contribution in [-0.4, -0.2) is 77.4 Å². The fourth-order valence-electron chi connectivity index (χ4n) is 4.45. The van der Waals surface area contributed by atoms with Crippen LogP contribution in [0.4, 0.5) is 4.79 Å². The Morgan fingerprint density at radius 3 is 2.21 bits per heavy atom. The summed E-state index contributed by atoms with van der Waals surface area (Å²) in [7, 11) is 1.27. The number of rotatable bonds is 2. The summed E-state index contributed by atoms with van der Waals surface area (Å²) in [4.78, 5) is 52.5. The van der Waals surface area contributed by atoms with E-state index in [4.69, 9.17) is 9.47 Å². The molecule has 0 aliphatic carbocycles. The average Bonchev–Trinajstić information content (AvgIpc) is 3.15. The van der Waals surface area contributed by atoms with E-state index in [2.05, 4.69) is 10.6 Å². The van der Waals surface area contributed by atoms with Crippen molar-refractivity contribution in [2.24, 2.45) is 0 Å². The third kappa shape index (κ3) is 8.77. The van der Waals surface area contributed by atoms with E-state index < -0.39 is 53.7 Å². The van der Waals surface area contributed by atoms with Crippen molar-refractivity contribution >= 4 is 23.9 Å². The second-order valence-electron chi connectivity index (χ2n) is 10.2. The maximum Gasteiger partial charge on any atom is 0.408 e. The zero-order chi connectivity index (χ0) is 25.3. The van der Waals surface area contributed by atoms with Crippen LogP contribution in [0.1, 0.15) is 85.0 Å². The number of aliphatic hydroxyl groups is 1. The predicted molar refractivity (Wildman–Crippen MR) is 125 cm³/mol. The van der Waals surface area contributed by atoms with Crippen LogP contribution >= 0.6 is 0 Å². The molecule has 2 heterocycles. The molecule has 2 aliphatic rings. The van der Waals surface area contributed by atoms with E-state index in [0.29, 0.717) is 12.8 Å². The first-order chi connectivity index (χ1) is 16.0. The zero-order valence-corrected chi connectivity index (χ0v) is 20.9. The molecule has 2 rings (SSSR count). The van der Waals surface area contributed by atoms with Crippen molar-refractivity contribution in [3.8, 4) is 0 Å². The summed E-state index contributed by atoms with van der Waals surface area (Å²) in [6.45, 7) is 5.19. The number of amides is 3. The monoisotopic (exact) mass is 483 g/mol. The van der Waals surface area contributed by atoms with Gasteiger partial charge >= 0.3 is 12.1 Å². The molecule has 0 aromatic carbocycles. The first kappa shape index (κ1) is 27.9. The Hall–Kier alpha value is -2.36. The number of hydrogen-bond acceptors (Lipinski definition) is 7. The van der Waals surface area contributed by atoms with Crippen LogP contribution in [0.15, 0.2) is 0 Å². The van der Waals surface area contributed by atoms with Crippen molar-refractivity contribution in [3.05, 3.63) is 0 Å². The number of alkyl carbamates (subject to hydrolysis) is 1. The van der Waals surface area contributed by atoms with Gasteiger partial charge in [-0.05, 0) is 33.6 Å². The number of fused-ring (bicyclic) bond motifs is 1. The molecule has 3 amide bonds. The maximum absolute atomic E-state index is 13.5. The standard InChI is InChI=1S/C24H41N3O7/c1-24(2,3)34-23(32)26-17-12-10-8-6-5-7-9-11-13-18(22(31)33-4)25-20(29)19-14-16(28)15-27(19)21(17)30/h16-19,28H,5-15H2,1-4H3,(H,25,29)(H,26,32)/t16-,17-,18?,19-/m0/s1. The van der Waals surface area contributed by atoms with Crippen molar-refractivity contribution < 1.29 is 33.8 Å². The minimum absolute atomic E-state index is 0.0215. The van der Waals surface area contributed by atoms with Gasteiger partial charge in [-0.3, -0.25) is 9.59 Å². The van der Waals surface area contributed by atoms with Crippen LogP contribution in [0.5, 0.6) is 0 Å².